The number of thiophene rings is 1. The molecule has 1 saturated heterocycles. The van der Waals surface area contributed by atoms with Gasteiger partial charge >= 0.3 is 0 Å². The smallest absolute Gasteiger partial charge is 0.0314 e. The molecule has 4 heteroatoms. The zero-order valence-electron chi connectivity index (χ0n) is 8.83. The van der Waals surface area contributed by atoms with Gasteiger partial charge in [0.05, 0.1) is 0 Å². The fourth-order valence-electron chi connectivity index (χ4n) is 2.04. The first kappa shape index (κ1) is 12.0. The molecular weight excluding hydrogens is 290 g/mol. The number of rotatable bonds is 4. The van der Waals surface area contributed by atoms with Crippen LogP contribution in [0.15, 0.2) is 15.9 Å². The Morgan fingerprint density at radius 1 is 1.67 bits per heavy atom. The molecule has 1 aromatic rings. The summed E-state index contributed by atoms with van der Waals surface area (Å²) in [5.74, 6) is 3.53. The number of likely N-dealkylation sites (N-methyl/N-ethyl adjacent to an activating group) is 1. The molecule has 1 nitrogen and oxygen atoms in total. The Bertz CT molecular complexity index is 307. The summed E-state index contributed by atoms with van der Waals surface area (Å²) < 4.78 is 1.28. The SMILES string of the molecule is CNC(Cc1sccc1Br)C1CCSC1. The van der Waals surface area contributed by atoms with Crippen LogP contribution in [0.2, 0.25) is 0 Å². The summed E-state index contributed by atoms with van der Waals surface area (Å²) >= 11 is 7.56. The Hall–Kier alpha value is 0.490. The summed E-state index contributed by atoms with van der Waals surface area (Å²) in [6, 6.07) is 2.80. The lowest BCUT2D eigenvalue weighted by atomic mass is 9.96. The third-order valence-corrected chi connectivity index (χ3v) is 6.14. The van der Waals surface area contributed by atoms with Crippen molar-refractivity contribution >= 4 is 39.0 Å². The zero-order chi connectivity index (χ0) is 10.7. The average Bonchev–Trinajstić information content (AvgIpc) is 2.86. The minimum atomic E-state index is 0.648. The third-order valence-electron chi connectivity index (χ3n) is 3.00. The number of hydrogen-bond donors (Lipinski definition) is 1. The van der Waals surface area contributed by atoms with Gasteiger partial charge in [-0.3, -0.25) is 0 Å². The lowest BCUT2D eigenvalue weighted by molar-refractivity contribution is 0.405. The van der Waals surface area contributed by atoms with Gasteiger partial charge in [0.15, 0.2) is 0 Å². The van der Waals surface area contributed by atoms with E-state index in [0.717, 1.165) is 5.92 Å². The van der Waals surface area contributed by atoms with E-state index in [1.807, 2.05) is 11.3 Å². The molecule has 0 spiro atoms. The van der Waals surface area contributed by atoms with Crippen molar-refractivity contribution in [3.05, 3.63) is 20.8 Å². The molecule has 0 aliphatic carbocycles. The summed E-state index contributed by atoms with van der Waals surface area (Å²) in [6.07, 6.45) is 2.54. The van der Waals surface area contributed by atoms with Gasteiger partial charge in [0.2, 0.25) is 0 Å². The second-order valence-electron chi connectivity index (χ2n) is 3.91. The number of nitrogens with one attached hydrogen (secondary N) is 1. The van der Waals surface area contributed by atoms with E-state index < -0.39 is 0 Å². The molecule has 0 radical (unpaired) electrons. The minimum Gasteiger partial charge on any atom is -0.316 e. The molecule has 1 N–H and O–H groups in total. The number of thioether (sulfide) groups is 1. The van der Waals surface area contributed by atoms with Crippen LogP contribution in [-0.2, 0) is 6.42 Å². The number of hydrogen-bond acceptors (Lipinski definition) is 3. The average molecular weight is 306 g/mol. The molecule has 1 aliphatic heterocycles. The highest BCUT2D eigenvalue weighted by molar-refractivity contribution is 9.10. The molecule has 1 fully saturated rings. The first-order valence-corrected chi connectivity index (χ1v) is 8.11. The largest absolute Gasteiger partial charge is 0.316 e. The fourth-order valence-corrected chi connectivity index (χ4v) is 4.96. The highest BCUT2D eigenvalue weighted by Gasteiger charge is 2.25. The zero-order valence-corrected chi connectivity index (χ0v) is 12.1. The van der Waals surface area contributed by atoms with E-state index in [2.05, 4.69) is 51.5 Å². The maximum absolute atomic E-state index is 3.61. The highest BCUT2D eigenvalue weighted by Crippen LogP contribution is 2.30. The van der Waals surface area contributed by atoms with E-state index in [-0.39, 0.29) is 0 Å². The van der Waals surface area contributed by atoms with Crippen LogP contribution in [-0.4, -0.2) is 24.6 Å². The number of halogens is 1. The van der Waals surface area contributed by atoms with Crippen LogP contribution in [0.25, 0.3) is 0 Å². The molecule has 2 rings (SSSR count). The van der Waals surface area contributed by atoms with Crippen molar-refractivity contribution < 1.29 is 0 Å². The highest BCUT2D eigenvalue weighted by atomic mass is 79.9. The lowest BCUT2D eigenvalue weighted by Crippen LogP contribution is -2.35. The molecule has 1 aliphatic rings. The van der Waals surface area contributed by atoms with Gasteiger partial charge in [0.1, 0.15) is 0 Å². The van der Waals surface area contributed by atoms with Gasteiger partial charge in [0.25, 0.3) is 0 Å². The van der Waals surface area contributed by atoms with Crippen molar-refractivity contribution in [1.29, 1.82) is 0 Å². The monoisotopic (exact) mass is 305 g/mol. The second kappa shape index (κ2) is 5.71. The molecule has 2 heterocycles. The molecular formula is C11H16BrNS2. The van der Waals surface area contributed by atoms with E-state index >= 15 is 0 Å². The molecule has 0 aromatic carbocycles. The van der Waals surface area contributed by atoms with Crippen LogP contribution in [0, 0.1) is 5.92 Å². The molecule has 2 atom stereocenters. The van der Waals surface area contributed by atoms with E-state index in [0.29, 0.717) is 6.04 Å². The molecule has 84 valence electrons. The summed E-state index contributed by atoms with van der Waals surface area (Å²) in [7, 11) is 2.09. The Morgan fingerprint density at radius 3 is 3.07 bits per heavy atom. The molecule has 0 bridgehead atoms. The minimum absolute atomic E-state index is 0.648. The first-order chi connectivity index (χ1) is 7.31. The lowest BCUT2D eigenvalue weighted by Gasteiger charge is -2.21. The third kappa shape index (κ3) is 2.99. The molecule has 0 amide bonds. The summed E-state index contributed by atoms with van der Waals surface area (Å²) in [5, 5.41) is 5.64. The van der Waals surface area contributed by atoms with Crippen LogP contribution < -0.4 is 5.32 Å². The summed E-state index contributed by atoms with van der Waals surface area (Å²) in [5.41, 5.74) is 0. The topological polar surface area (TPSA) is 12.0 Å². The van der Waals surface area contributed by atoms with Crippen molar-refractivity contribution in [3.63, 3.8) is 0 Å². The fraction of sp³-hybridized carbons (Fsp3) is 0.636. The first-order valence-electron chi connectivity index (χ1n) is 5.28. The quantitative estimate of drug-likeness (QED) is 0.915. The Kier molecular flexibility index (Phi) is 4.55. The standard InChI is InChI=1S/C11H16BrNS2/c1-13-10(8-2-4-14-7-8)6-11-9(12)3-5-15-11/h3,5,8,10,13H,2,4,6-7H2,1H3. The van der Waals surface area contributed by atoms with Crippen LogP contribution in [0.3, 0.4) is 0 Å². The summed E-state index contributed by atoms with van der Waals surface area (Å²) in [6.45, 7) is 0. The van der Waals surface area contributed by atoms with Crippen LogP contribution in [0.4, 0.5) is 0 Å². The Morgan fingerprint density at radius 2 is 2.53 bits per heavy atom. The molecule has 15 heavy (non-hydrogen) atoms. The van der Waals surface area contributed by atoms with Crippen LogP contribution >= 0.6 is 39.0 Å². The predicted molar refractivity (Wildman–Crippen MR) is 74.0 cm³/mol. The van der Waals surface area contributed by atoms with E-state index in [4.69, 9.17) is 0 Å². The Labute approximate surface area is 108 Å². The van der Waals surface area contributed by atoms with Gasteiger partial charge in [-0.15, -0.1) is 11.3 Å². The van der Waals surface area contributed by atoms with Crippen molar-refractivity contribution in [2.75, 3.05) is 18.6 Å². The van der Waals surface area contributed by atoms with Gasteiger partial charge in [0, 0.05) is 15.4 Å². The molecule has 1 aromatic heterocycles. The van der Waals surface area contributed by atoms with Crippen LogP contribution in [0.1, 0.15) is 11.3 Å². The van der Waals surface area contributed by atoms with Gasteiger partial charge < -0.3 is 5.32 Å². The van der Waals surface area contributed by atoms with Crippen molar-refractivity contribution in [2.45, 2.75) is 18.9 Å². The van der Waals surface area contributed by atoms with Crippen LogP contribution in [0.5, 0.6) is 0 Å². The van der Waals surface area contributed by atoms with Gasteiger partial charge in [-0.1, -0.05) is 0 Å². The maximum Gasteiger partial charge on any atom is 0.0314 e. The predicted octanol–water partition coefficient (Wildman–Crippen LogP) is 3.39. The molecule has 0 saturated carbocycles. The van der Waals surface area contributed by atoms with E-state index in [1.54, 1.807) is 0 Å². The van der Waals surface area contributed by atoms with Crippen molar-refractivity contribution in [3.8, 4) is 0 Å². The van der Waals surface area contributed by atoms with Gasteiger partial charge in [-0.05, 0) is 64.7 Å². The Balaban J connectivity index is 1.98. The maximum atomic E-state index is 3.61. The summed E-state index contributed by atoms with van der Waals surface area (Å²) in [4.78, 5) is 1.48. The normalized spacial score (nSPS) is 23.2. The van der Waals surface area contributed by atoms with E-state index in [1.165, 1.54) is 33.7 Å². The van der Waals surface area contributed by atoms with Gasteiger partial charge in [-0.25, -0.2) is 0 Å². The van der Waals surface area contributed by atoms with E-state index in [9.17, 15) is 0 Å². The van der Waals surface area contributed by atoms with Crippen molar-refractivity contribution in [2.24, 2.45) is 5.92 Å². The van der Waals surface area contributed by atoms with Crippen molar-refractivity contribution in [1.82, 2.24) is 5.32 Å². The second-order valence-corrected chi connectivity index (χ2v) is 6.92. The molecule has 2 unspecified atom stereocenters. The van der Waals surface area contributed by atoms with Gasteiger partial charge in [-0.2, -0.15) is 11.8 Å².